The van der Waals surface area contributed by atoms with E-state index in [4.69, 9.17) is 5.73 Å². The molecule has 0 bridgehead atoms. The Labute approximate surface area is 80.6 Å². The van der Waals surface area contributed by atoms with Crippen LogP contribution in [-0.2, 0) is 9.84 Å². The molecule has 0 aromatic rings. The van der Waals surface area contributed by atoms with Crippen LogP contribution in [0.1, 0.15) is 39.0 Å². The van der Waals surface area contributed by atoms with Crippen molar-refractivity contribution in [3.8, 4) is 0 Å². The molecule has 0 aromatic carbocycles. The maximum absolute atomic E-state index is 11.7. The van der Waals surface area contributed by atoms with Gasteiger partial charge in [-0.25, -0.2) is 8.42 Å². The van der Waals surface area contributed by atoms with Crippen LogP contribution in [-0.4, -0.2) is 25.5 Å². The number of nitrogens with two attached hydrogens (primary N) is 1. The number of rotatable bonds is 3. The molecule has 0 unspecified atom stereocenters. The number of hydrogen-bond donors (Lipinski definition) is 1. The van der Waals surface area contributed by atoms with Gasteiger partial charge in [0.05, 0.1) is 11.0 Å². The SMILES string of the molecule is CCCS(=O)(=O)C1CCC(N)CC1. The van der Waals surface area contributed by atoms with Gasteiger partial charge in [0.2, 0.25) is 0 Å². The zero-order chi connectivity index (χ0) is 9.90. The van der Waals surface area contributed by atoms with Crippen molar-refractivity contribution in [2.45, 2.75) is 50.3 Å². The Morgan fingerprint density at radius 3 is 2.23 bits per heavy atom. The first-order valence-electron chi connectivity index (χ1n) is 5.03. The summed E-state index contributed by atoms with van der Waals surface area (Å²) < 4.78 is 23.3. The van der Waals surface area contributed by atoms with Crippen LogP contribution in [0.2, 0.25) is 0 Å². The highest BCUT2D eigenvalue weighted by atomic mass is 32.2. The third-order valence-electron chi connectivity index (χ3n) is 2.72. The van der Waals surface area contributed by atoms with Crippen LogP contribution >= 0.6 is 0 Å². The molecule has 3 nitrogen and oxygen atoms in total. The molecule has 1 aliphatic carbocycles. The lowest BCUT2D eigenvalue weighted by Crippen LogP contribution is -2.34. The Morgan fingerprint density at radius 1 is 1.23 bits per heavy atom. The lowest BCUT2D eigenvalue weighted by Gasteiger charge is -2.25. The third-order valence-corrected chi connectivity index (χ3v) is 5.18. The molecular weight excluding hydrogens is 186 g/mol. The second-order valence-corrected chi connectivity index (χ2v) is 6.30. The molecule has 0 aliphatic heterocycles. The van der Waals surface area contributed by atoms with Crippen LogP contribution < -0.4 is 5.73 Å². The maximum atomic E-state index is 11.7. The van der Waals surface area contributed by atoms with Crippen LogP contribution in [0.15, 0.2) is 0 Å². The summed E-state index contributed by atoms with van der Waals surface area (Å²) in [6.07, 6.45) is 4.00. The van der Waals surface area contributed by atoms with Crippen molar-refractivity contribution in [3.63, 3.8) is 0 Å². The summed E-state index contributed by atoms with van der Waals surface area (Å²) in [5.74, 6) is 0.340. The molecule has 0 radical (unpaired) electrons. The molecule has 78 valence electrons. The maximum Gasteiger partial charge on any atom is 0.153 e. The average Bonchev–Trinajstić information content (AvgIpc) is 2.05. The largest absolute Gasteiger partial charge is 0.328 e. The minimum atomic E-state index is -2.81. The molecule has 1 rings (SSSR count). The topological polar surface area (TPSA) is 60.2 Å². The predicted molar refractivity (Wildman–Crippen MR) is 54.3 cm³/mol. The molecular formula is C9H19NO2S. The smallest absolute Gasteiger partial charge is 0.153 e. The first-order chi connectivity index (χ1) is 6.06. The minimum absolute atomic E-state index is 0.104. The summed E-state index contributed by atoms with van der Waals surface area (Å²) in [5, 5.41) is -0.104. The van der Waals surface area contributed by atoms with Gasteiger partial charge in [0.15, 0.2) is 9.84 Å². The summed E-state index contributed by atoms with van der Waals surface area (Å²) in [4.78, 5) is 0. The average molecular weight is 205 g/mol. The molecule has 0 spiro atoms. The zero-order valence-corrected chi connectivity index (χ0v) is 9.02. The Balaban J connectivity index is 2.53. The molecule has 4 heteroatoms. The van der Waals surface area contributed by atoms with Crippen LogP contribution in [0.4, 0.5) is 0 Å². The fraction of sp³-hybridized carbons (Fsp3) is 1.00. The fourth-order valence-corrected chi connectivity index (χ4v) is 3.79. The Kier molecular flexibility index (Phi) is 3.74. The van der Waals surface area contributed by atoms with Crippen LogP contribution in [0.5, 0.6) is 0 Å². The molecule has 0 atom stereocenters. The van der Waals surface area contributed by atoms with Gasteiger partial charge in [0, 0.05) is 6.04 Å². The second kappa shape index (κ2) is 4.42. The molecule has 1 aliphatic rings. The van der Waals surface area contributed by atoms with Gasteiger partial charge in [0.25, 0.3) is 0 Å². The number of hydrogen-bond acceptors (Lipinski definition) is 3. The molecule has 0 aromatic heterocycles. The third kappa shape index (κ3) is 2.95. The summed E-state index contributed by atoms with van der Waals surface area (Å²) in [5.41, 5.74) is 5.72. The Bertz CT molecular complexity index is 240. The molecule has 1 saturated carbocycles. The van der Waals surface area contributed by atoms with Gasteiger partial charge in [-0.2, -0.15) is 0 Å². The van der Waals surface area contributed by atoms with E-state index in [1.54, 1.807) is 0 Å². The summed E-state index contributed by atoms with van der Waals surface area (Å²) in [6.45, 7) is 1.91. The first-order valence-corrected chi connectivity index (χ1v) is 6.75. The van der Waals surface area contributed by atoms with Crippen molar-refractivity contribution in [3.05, 3.63) is 0 Å². The molecule has 2 N–H and O–H groups in total. The van der Waals surface area contributed by atoms with E-state index in [1.165, 1.54) is 0 Å². The van der Waals surface area contributed by atoms with Crippen LogP contribution in [0.25, 0.3) is 0 Å². The summed E-state index contributed by atoms with van der Waals surface area (Å²) in [7, 11) is -2.81. The monoisotopic (exact) mass is 205 g/mol. The Morgan fingerprint density at radius 2 is 1.77 bits per heavy atom. The van der Waals surface area contributed by atoms with Gasteiger partial charge >= 0.3 is 0 Å². The standard InChI is InChI=1S/C9H19NO2S/c1-2-7-13(11,12)9-5-3-8(10)4-6-9/h8-9H,2-7,10H2,1H3. The Hall–Kier alpha value is -0.0900. The molecule has 0 saturated heterocycles. The highest BCUT2D eigenvalue weighted by Gasteiger charge is 2.28. The zero-order valence-electron chi connectivity index (χ0n) is 8.20. The normalized spacial score (nSPS) is 30.3. The van der Waals surface area contributed by atoms with Gasteiger partial charge in [0.1, 0.15) is 0 Å². The van der Waals surface area contributed by atoms with Gasteiger partial charge in [-0.15, -0.1) is 0 Å². The van der Waals surface area contributed by atoms with E-state index in [0.717, 1.165) is 32.1 Å². The van der Waals surface area contributed by atoms with Crippen molar-refractivity contribution >= 4 is 9.84 Å². The molecule has 0 amide bonds. The van der Waals surface area contributed by atoms with E-state index >= 15 is 0 Å². The van der Waals surface area contributed by atoms with Crippen molar-refractivity contribution in [2.75, 3.05) is 5.75 Å². The van der Waals surface area contributed by atoms with E-state index in [9.17, 15) is 8.42 Å². The van der Waals surface area contributed by atoms with Crippen LogP contribution in [0, 0.1) is 0 Å². The van der Waals surface area contributed by atoms with Gasteiger partial charge < -0.3 is 5.73 Å². The van der Waals surface area contributed by atoms with E-state index < -0.39 is 9.84 Å². The van der Waals surface area contributed by atoms with Gasteiger partial charge in [-0.3, -0.25) is 0 Å². The quantitative estimate of drug-likeness (QED) is 0.750. The first kappa shape index (κ1) is 11.0. The lowest BCUT2D eigenvalue weighted by atomic mass is 9.96. The second-order valence-electron chi connectivity index (χ2n) is 3.90. The van der Waals surface area contributed by atoms with E-state index in [2.05, 4.69) is 0 Å². The molecule has 13 heavy (non-hydrogen) atoms. The van der Waals surface area contributed by atoms with Crippen molar-refractivity contribution in [2.24, 2.45) is 5.73 Å². The van der Waals surface area contributed by atoms with Crippen molar-refractivity contribution < 1.29 is 8.42 Å². The van der Waals surface area contributed by atoms with E-state index in [1.807, 2.05) is 6.92 Å². The summed E-state index contributed by atoms with van der Waals surface area (Å²) in [6, 6.07) is 0.230. The molecule has 1 fully saturated rings. The predicted octanol–water partition coefficient (Wildman–Crippen LogP) is 1.08. The summed E-state index contributed by atoms with van der Waals surface area (Å²) >= 11 is 0. The van der Waals surface area contributed by atoms with Crippen LogP contribution in [0.3, 0.4) is 0 Å². The van der Waals surface area contributed by atoms with E-state index in [0.29, 0.717) is 5.75 Å². The minimum Gasteiger partial charge on any atom is -0.328 e. The highest BCUT2D eigenvalue weighted by molar-refractivity contribution is 7.92. The molecule has 0 heterocycles. The lowest BCUT2D eigenvalue weighted by molar-refractivity contribution is 0.433. The van der Waals surface area contributed by atoms with Crippen molar-refractivity contribution in [1.29, 1.82) is 0 Å². The fourth-order valence-electron chi connectivity index (χ4n) is 1.90. The van der Waals surface area contributed by atoms with Crippen molar-refractivity contribution in [1.82, 2.24) is 0 Å². The highest BCUT2D eigenvalue weighted by Crippen LogP contribution is 2.23. The van der Waals surface area contributed by atoms with E-state index in [-0.39, 0.29) is 11.3 Å². The van der Waals surface area contributed by atoms with Gasteiger partial charge in [-0.05, 0) is 32.1 Å². The van der Waals surface area contributed by atoms with Gasteiger partial charge in [-0.1, -0.05) is 6.92 Å². The number of sulfone groups is 1.